The molecule has 0 N–H and O–H groups in total. The zero-order valence-electron chi connectivity index (χ0n) is 25.9. The van der Waals surface area contributed by atoms with Crippen LogP contribution in [-0.4, -0.2) is 6.36 Å². The number of aryl methyl sites for hydroxylation is 1. The maximum Gasteiger partial charge on any atom is 0.573 e. The molecule has 0 amide bonds. The molecule has 0 atom stereocenters. The summed E-state index contributed by atoms with van der Waals surface area (Å²) in [6.07, 6.45) is -6.19. The summed E-state index contributed by atoms with van der Waals surface area (Å²) in [5.41, 5.74) is -2.17. The summed E-state index contributed by atoms with van der Waals surface area (Å²) in [6, 6.07) is 12.4. The van der Waals surface area contributed by atoms with Crippen LogP contribution in [0.15, 0.2) is 84.9 Å². The Balaban J connectivity index is 1.36. The van der Waals surface area contributed by atoms with E-state index in [-0.39, 0.29) is 28.3 Å². The number of rotatable bonds is 11. The standard InChI is InChI=1S/C37H25F11O2/c1-2-3-4-5-20-6-10-25(28(38)14-20)21-7-11-26(29(39)15-21)23-17-32(42)35(33(43)18-23)22-8-12-27(30(40)16-22)36(44,45)49-24-9-13-34(31(41)19-24)50-37(46,47)48/h6-19H,2-5H2,1H3. The van der Waals surface area contributed by atoms with Crippen LogP contribution >= 0.6 is 0 Å². The molecule has 0 fully saturated rings. The average molecular weight is 711 g/mol. The number of unbranched alkanes of at least 4 members (excludes halogenated alkanes) is 2. The minimum absolute atomic E-state index is 0.129. The Morgan fingerprint density at radius 2 is 1.12 bits per heavy atom. The molecule has 0 aliphatic carbocycles. The molecule has 0 aliphatic heterocycles. The van der Waals surface area contributed by atoms with Gasteiger partial charge in [0.2, 0.25) is 0 Å². The van der Waals surface area contributed by atoms with Gasteiger partial charge in [0, 0.05) is 17.2 Å². The molecular weight excluding hydrogens is 685 g/mol. The van der Waals surface area contributed by atoms with Crippen molar-refractivity contribution in [1.29, 1.82) is 0 Å². The zero-order chi connectivity index (χ0) is 36.4. The van der Waals surface area contributed by atoms with Crippen LogP contribution in [0.2, 0.25) is 0 Å². The van der Waals surface area contributed by atoms with E-state index in [2.05, 4.69) is 9.47 Å². The van der Waals surface area contributed by atoms with Crippen molar-refractivity contribution in [1.82, 2.24) is 0 Å². The van der Waals surface area contributed by atoms with Gasteiger partial charge >= 0.3 is 12.5 Å². The molecule has 0 spiro atoms. The molecule has 0 saturated carbocycles. The van der Waals surface area contributed by atoms with E-state index in [9.17, 15) is 35.1 Å². The van der Waals surface area contributed by atoms with Gasteiger partial charge in [-0.15, -0.1) is 13.2 Å². The van der Waals surface area contributed by atoms with Crippen LogP contribution in [-0.2, 0) is 12.5 Å². The van der Waals surface area contributed by atoms with Crippen LogP contribution in [0, 0.1) is 34.9 Å². The van der Waals surface area contributed by atoms with E-state index in [1.165, 1.54) is 24.3 Å². The third kappa shape index (κ3) is 8.20. The summed E-state index contributed by atoms with van der Waals surface area (Å²) in [5, 5.41) is 0. The van der Waals surface area contributed by atoms with Crippen LogP contribution in [0.3, 0.4) is 0 Å². The van der Waals surface area contributed by atoms with E-state index < -0.39 is 75.6 Å². The molecular formula is C37H25F11O2. The van der Waals surface area contributed by atoms with Crippen molar-refractivity contribution in [2.45, 2.75) is 45.1 Å². The van der Waals surface area contributed by atoms with Crippen LogP contribution in [0.5, 0.6) is 11.5 Å². The fraction of sp³-hybridized carbons (Fsp3) is 0.189. The Kier molecular flexibility index (Phi) is 10.4. The predicted octanol–water partition coefficient (Wildman–Crippen LogP) is 12.3. The highest BCUT2D eigenvalue weighted by Crippen LogP contribution is 2.39. The van der Waals surface area contributed by atoms with Gasteiger partial charge in [-0.2, -0.15) is 8.78 Å². The van der Waals surface area contributed by atoms with Crippen LogP contribution < -0.4 is 9.47 Å². The first-order valence-corrected chi connectivity index (χ1v) is 15.1. The number of hydrogen-bond acceptors (Lipinski definition) is 2. The average Bonchev–Trinajstić information content (AvgIpc) is 3.01. The second-order valence-electron chi connectivity index (χ2n) is 11.2. The Morgan fingerprint density at radius 1 is 0.520 bits per heavy atom. The number of alkyl halides is 5. The first-order valence-electron chi connectivity index (χ1n) is 15.1. The normalized spacial score (nSPS) is 11.9. The Bertz CT molecular complexity index is 2000. The van der Waals surface area contributed by atoms with Crippen molar-refractivity contribution in [2.75, 3.05) is 0 Å². The van der Waals surface area contributed by atoms with E-state index in [0.717, 1.165) is 49.1 Å². The lowest BCUT2D eigenvalue weighted by atomic mass is 9.95. The molecule has 0 bridgehead atoms. The molecule has 50 heavy (non-hydrogen) atoms. The summed E-state index contributed by atoms with van der Waals surface area (Å²) < 4.78 is 164. The topological polar surface area (TPSA) is 18.5 Å². The monoisotopic (exact) mass is 710 g/mol. The summed E-state index contributed by atoms with van der Waals surface area (Å²) in [4.78, 5) is 0. The maximum atomic E-state index is 15.3. The van der Waals surface area contributed by atoms with E-state index in [4.69, 9.17) is 0 Å². The molecule has 2 nitrogen and oxygen atoms in total. The molecule has 5 aromatic carbocycles. The van der Waals surface area contributed by atoms with Crippen LogP contribution in [0.25, 0.3) is 33.4 Å². The van der Waals surface area contributed by atoms with Crippen molar-refractivity contribution in [3.8, 4) is 44.9 Å². The number of ether oxygens (including phenoxy) is 2. The minimum atomic E-state index is -5.26. The van der Waals surface area contributed by atoms with Gasteiger partial charge in [0.1, 0.15) is 34.8 Å². The number of halogens is 11. The third-order valence-corrected chi connectivity index (χ3v) is 7.68. The van der Waals surface area contributed by atoms with Crippen LogP contribution in [0.1, 0.15) is 37.3 Å². The van der Waals surface area contributed by atoms with E-state index in [1.54, 1.807) is 6.07 Å². The predicted molar refractivity (Wildman–Crippen MR) is 163 cm³/mol. The van der Waals surface area contributed by atoms with E-state index >= 15 is 13.2 Å². The van der Waals surface area contributed by atoms with Gasteiger partial charge in [-0.1, -0.05) is 50.1 Å². The van der Waals surface area contributed by atoms with Gasteiger partial charge in [0.15, 0.2) is 11.6 Å². The summed E-state index contributed by atoms with van der Waals surface area (Å²) in [7, 11) is 0. The SMILES string of the molecule is CCCCCc1ccc(-c2ccc(-c3cc(F)c(-c4ccc(C(F)(F)Oc5ccc(OC(F)(F)F)c(F)c5)c(F)c4)c(F)c3)c(F)c2)c(F)c1. The Morgan fingerprint density at radius 3 is 1.72 bits per heavy atom. The van der Waals surface area contributed by atoms with Crippen molar-refractivity contribution >= 4 is 0 Å². The largest absolute Gasteiger partial charge is 0.573 e. The molecule has 5 rings (SSSR count). The fourth-order valence-corrected chi connectivity index (χ4v) is 5.31. The molecule has 0 aliphatic rings. The lowest BCUT2D eigenvalue weighted by Gasteiger charge is -2.20. The Hall–Kier alpha value is -5.07. The molecule has 0 heterocycles. The summed E-state index contributed by atoms with van der Waals surface area (Å²) in [5.74, 6) is -9.77. The fourth-order valence-electron chi connectivity index (χ4n) is 5.31. The smallest absolute Gasteiger partial charge is 0.429 e. The highest BCUT2D eigenvalue weighted by Gasteiger charge is 2.39. The van der Waals surface area contributed by atoms with Crippen molar-refractivity contribution < 1.29 is 57.8 Å². The molecule has 262 valence electrons. The van der Waals surface area contributed by atoms with Crippen molar-refractivity contribution in [2.24, 2.45) is 0 Å². The maximum absolute atomic E-state index is 15.3. The number of benzene rings is 5. The van der Waals surface area contributed by atoms with Gasteiger partial charge in [0.25, 0.3) is 0 Å². The molecule has 0 aromatic heterocycles. The van der Waals surface area contributed by atoms with E-state index in [0.29, 0.717) is 30.7 Å². The molecule has 0 saturated heterocycles. The summed E-state index contributed by atoms with van der Waals surface area (Å²) >= 11 is 0. The second-order valence-corrected chi connectivity index (χ2v) is 11.2. The van der Waals surface area contributed by atoms with Crippen molar-refractivity contribution in [3.63, 3.8) is 0 Å². The molecule has 13 heteroatoms. The number of hydrogen-bond donors (Lipinski definition) is 0. The minimum Gasteiger partial charge on any atom is -0.429 e. The molecule has 0 unspecified atom stereocenters. The van der Waals surface area contributed by atoms with E-state index in [1.807, 2.05) is 6.92 Å². The van der Waals surface area contributed by atoms with Gasteiger partial charge in [-0.05, 0) is 83.6 Å². The quantitative estimate of drug-likeness (QED) is 0.100. The van der Waals surface area contributed by atoms with Gasteiger partial charge < -0.3 is 9.47 Å². The highest BCUT2D eigenvalue weighted by atomic mass is 19.4. The molecule has 5 aromatic rings. The van der Waals surface area contributed by atoms with Crippen molar-refractivity contribution in [3.05, 3.63) is 131 Å². The lowest BCUT2D eigenvalue weighted by molar-refractivity contribution is -0.275. The third-order valence-electron chi connectivity index (χ3n) is 7.68. The summed E-state index contributed by atoms with van der Waals surface area (Å²) in [6.45, 7) is 2.05. The van der Waals surface area contributed by atoms with Gasteiger partial charge in [-0.25, -0.2) is 26.3 Å². The van der Waals surface area contributed by atoms with Gasteiger partial charge in [0.05, 0.1) is 11.1 Å². The first kappa shape index (κ1) is 36.2. The lowest BCUT2D eigenvalue weighted by Crippen LogP contribution is -2.23. The van der Waals surface area contributed by atoms with Crippen LogP contribution in [0.4, 0.5) is 48.3 Å². The highest BCUT2D eigenvalue weighted by molar-refractivity contribution is 5.75. The Labute approximate surface area is 278 Å². The second kappa shape index (κ2) is 14.4. The molecule has 0 radical (unpaired) electrons. The first-order chi connectivity index (χ1) is 23.6. The van der Waals surface area contributed by atoms with Gasteiger partial charge in [-0.3, -0.25) is 0 Å². The zero-order valence-corrected chi connectivity index (χ0v) is 25.9.